The van der Waals surface area contributed by atoms with E-state index < -0.39 is 0 Å². The minimum Gasteiger partial charge on any atom is -0.327 e. The van der Waals surface area contributed by atoms with Gasteiger partial charge in [0.25, 0.3) is 0 Å². The number of likely N-dealkylation sites (N-methyl/N-ethyl adjacent to an activating group) is 1. The molecule has 0 atom stereocenters. The van der Waals surface area contributed by atoms with Crippen LogP contribution in [0.4, 0.5) is 0 Å². The Morgan fingerprint density at radius 1 is 1.12 bits per heavy atom. The highest BCUT2D eigenvalue weighted by atomic mass is 16.1. The molecule has 1 fully saturated rings. The van der Waals surface area contributed by atoms with Crippen LogP contribution in [0.1, 0.15) is 59.4 Å². The number of carbonyl (C=O) groups is 2. The zero-order chi connectivity index (χ0) is 25.3. The standard InChI is InChI=1S/C17H27N3.C4H9N.C3H8.2CH2O/c1-13-7-8-15-14(11-13)18-16(12-17(2,3)4)20(15)10-9-19(5)6;1-4-2-5-3-4;1-3-2;2*1-2/h7-8,11H,9-10,12H2,1-6H3;4-5H,2-3H2,1H3;3H2,1-2H3;2*1H2. The molecule has 3 rings (SSSR count). The van der Waals surface area contributed by atoms with Crippen LogP contribution in [0, 0.1) is 18.3 Å². The van der Waals surface area contributed by atoms with Crippen molar-refractivity contribution in [2.45, 2.75) is 67.9 Å². The van der Waals surface area contributed by atoms with Crippen molar-refractivity contribution < 1.29 is 9.59 Å². The molecule has 1 aromatic carbocycles. The molecule has 0 saturated carbocycles. The lowest BCUT2D eigenvalue weighted by atomic mass is 9.92. The van der Waals surface area contributed by atoms with E-state index in [-0.39, 0.29) is 5.41 Å². The summed E-state index contributed by atoms with van der Waals surface area (Å²) in [6.07, 6.45) is 2.26. The summed E-state index contributed by atoms with van der Waals surface area (Å²) < 4.78 is 2.39. The van der Waals surface area contributed by atoms with Crippen molar-refractivity contribution in [1.29, 1.82) is 0 Å². The largest absolute Gasteiger partial charge is 0.327 e. The molecule has 0 unspecified atom stereocenters. The van der Waals surface area contributed by atoms with Crippen LogP contribution in [0.25, 0.3) is 11.0 Å². The van der Waals surface area contributed by atoms with Gasteiger partial charge in [-0.2, -0.15) is 0 Å². The molecule has 1 saturated heterocycles. The Balaban J connectivity index is 0. The summed E-state index contributed by atoms with van der Waals surface area (Å²) in [6.45, 7) is 23.9. The number of rotatable bonds is 4. The third-order valence-corrected chi connectivity index (χ3v) is 4.43. The fourth-order valence-electron chi connectivity index (χ4n) is 2.88. The van der Waals surface area contributed by atoms with Gasteiger partial charge in [0.2, 0.25) is 0 Å². The van der Waals surface area contributed by atoms with E-state index in [0.717, 1.165) is 30.9 Å². The Morgan fingerprint density at radius 2 is 1.62 bits per heavy atom. The normalized spacial score (nSPS) is 12.7. The number of benzene rings is 1. The maximum absolute atomic E-state index is 8.00. The number of aryl methyl sites for hydroxylation is 1. The Hall–Kier alpha value is -2.05. The summed E-state index contributed by atoms with van der Waals surface area (Å²) in [5.41, 5.74) is 3.92. The van der Waals surface area contributed by atoms with E-state index in [2.05, 4.69) is 95.5 Å². The van der Waals surface area contributed by atoms with Crippen LogP contribution in [-0.4, -0.2) is 61.8 Å². The molecule has 0 aliphatic carbocycles. The first-order chi connectivity index (χ1) is 15.1. The summed E-state index contributed by atoms with van der Waals surface area (Å²) >= 11 is 0. The monoisotopic (exact) mass is 448 g/mol. The number of carbonyl (C=O) groups excluding carboxylic acids is 2. The topological polar surface area (TPSA) is 67.2 Å². The molecule has 2 aromatic rings. The smallest absolute Gasteiger partial charge is 0.110 e. The summed E-state index contributed by atoms with van der Waals surface area (Å²) in [6, 6.07) is 6.57. The van der Waals surface area contributed by atoms with Gasteiger partial charge in [-0.1, -0.05) is 54.0 Å². The number of nitrogens with zero attached hydrogens (tertiary/aromatic N) is 3. The van der Waals surface area contributed by atoms with Gasteiger partial charge in [-0.25, -0.2) is 4.98 Å². The van der Waals surface area contributed by atoms with Crippen molar-refractivity contribution in [2.75, 3.05) is 33.7 Å². The highest BCUT2D eigenvalue weighted by Gasteiger charge is 2.18. The van der Waals surface area contributed by atoms with Crippen molar-refractivity contribution in [3.63, 3.8) is 0 Å². The van der Waals surface area contributed by atoms with Crippen molar-refractivity contribution >= 4 is 24.6 Å². The van der Waals surface area contributed by atoms with Gasteiger partial charge in [0.05, 0.1) is 11.0 Å². The van der Waals surface area contributed by atoms with E-state index in [1.54, 1.807) is 0 Å². The summed E-state index contributed by atoms with van der Waals surface area (Å²) in [5.74, 6) is 2.16. The first kappa shape index (κ1) is 32.1. The van der Waals surface area contributed by atoms with Gasteiger partial charge in [0, 0.05) is 19.5 Å². The molecule has 32 heavy (non-hydrogen) atoms. The second-order valence-corrected chi connectivity index (χ2v) is 9.68. The number of hydrogen-bond acceptors (Lipinski definition) is 5. The van der Waals surface area contributed by atoms with Crippen LogP contribution >= 0.6 is 0 Å². The molecule has 0 bridgehead atoms. The zero-order valence-electron chi connectivity index (χ0n) is 22.1. The van der Waals surface area contributed by atoms with Crippen LogP contribution in [-0.2, 0) is 22.6 Å². The minimum absolute atomic E-state index is 0.256. The van der Waals surface area contributed by atoms with Crippen molar-refractivity contribution in [3.8, 4) is 0 Å². The molecule has 6 heteroatoms. The van der Waals surface area contributed by atoms with Gasteiger partial charge in [-0.15, -0.1) is 0 Å². The Morgan fingerprint density at radius 3 is 2.00 bits per heavy atom. The predicted octanol–water partition coefficient (Wildman–Crippen LogP) is 4.77. The second kappa shape index (κ2) is 17.5. The van der Waals surface area contributed by atoms with Gasteiger partial charge in [0.1, 0.15) is 19.4 Å². The Kier molecular flexibility index (Phi) is 17.6. The second-order valence-electron chi connectivity index (χ2n) is 9.68. The van der Waals surface area contributed by atoms with Gasteiger partial charge >= 0.3 is 0 Å². The van der Waals surface area contributed by atoms with E-state index in [4.69, 9.17) is 14.6 Å². The molecule has 1 N–H and O–H groups in total. The first-order valence-corrected chi connectivity index (χ1v) is 11.5. The number of fused-ring (bicyclic) bond motifs is 1. The molecule has 184 valence electrons. The average molecular weight is 449 g/mol. The third kappa shape index (κ3) is 13.4. The minimum atomic E-state index is 0.256. The van der Waals surface area contributed by atoms with E-state index in [1.807, 2.05) is 13.6 Å². The molecule has 1 aromatic heterocycles. The quantitative estimate of drug-likeness (QED) is 0.730. The zero-order valence-corrected chi connectivity index (χ0v) is 22.1. The predicted molar refractivity (Wildman–Crippen MR) is 138 cm³/mol. The fraction of sp³-hybridized carbons (Fsp3) is 0.654. The Labute approximate surface area is 196 Å². The van der Waals surface area contributed by atoms with Gasteiger partial charge in [0.15, 0.2) is 0 Å². The number of aromatic nitrogens is 2. The van der Waals surface area contributed by atoms with Gasteiger partial charge in [-0.05, 0) is 63.1 Å². The van der Waals surface area contributed by atoms with E-state index in [0.29, 0.717) is 0 Å². The van der Waals surface area contributed by atoms with Crippen LogP contribution in [0.2, 0.25) is 0 Å². The van der Waals surface area contributed by atoms with Crippen molar-refractivity contribution in [2.24, 2.45) is 11.3 Å². The lowest BCUT2D eigenvalue weighted by Gasteiger charge is -2.21. The van der Waals surface area contributed by atoms with Crippen LogP contribution in [0.3, 0.4) is 0 Å². The Bertz CT molecular complexity index is 729. The van der Waals surface area contributed by atoms with Crippen LogP contribution in [0.15, 0.2) is 18.2 Å². The first-order valence-electron chi connectivity index (χ1n) is 11.5. The SMILES string of the molecule is C=O.C=O.CC1CNC1.CCC.Cc1ccc2c(c1)nc(CC(C)(C)C)n2CCN(C)C. The summed E-state index contributed by atoms with van der Waals surface area (Å²) in [5, 5.41) is 3.16. The summed E-state index contributed by atoms with van der Waals surface area (Å²) in [7, 11) is 4.24. The lowest BCUT2D eigenvalue weighted by Crippen LogP contribution is -2.39. The van der Waals surface area contributed by atoms with Crippen LogP contribution in [0.5, 0.6) is 0 Å². The number of nitrogens with one attached hydrogen (secondary N) is 1. The lowest BCUT2D eigenvalue weighted by molar-refractivity contribution is -0.0987. The third-order valence-electron chi connectivity index (χ3n) is 4.43. The molecule has 0 spiro atoms. The maximum atomic E-state index is 8.00. The van der Waals surface area contributed by atoms with Crippen molar-refractivity contribution in [1.82, 2.24) is 19.8 Å². The molecule has 0 radical (unpaired) electrons. The van der Waals surface area contributed by atoms with Gasteiger partial charge < -0.3 is 24.4 Å². The average Bonchev–Trinajstić information content (AvgIpc) is 3.03. The maximum Gasteiger partial charge on any atom is 0.110 e. The van der Waals surface area contributed by atoms with E-state index in [9.17, 15) is 0 Å². The molecular formula is C26H48N4O2. The number of imidazole rings is 1. The number of hydrogen-bond donors (Lipinski definition) is 1. The van der Waals surface area contributed by atoms with E-state index in [1.165, 1.54) is 36.4 Å². The molecule has 1 aliphatic rings. The van der Waals surface area contributed by atoms with Gasteiger partial charge in [-0.3, -0.25) is 0 Å². The summed E-state index contributed by atoms with van der Waals surface area (Å²) in [4.78, 5) is 23.1. The molecule has 6 nitrogen and oxygen atoms in total. The van der Waals surface area contributed by atoms with E-state index >= 15 is 0 Å². The molecule has 2 heterocycles. The highest BCUT2D eigenvalue weighted by molar-refractivity contribution is 5.76. The van der Waals surface area contributed by atoms with Crippen LogP contribution < -0.4 is 5.32 Å². The molecule has 1 aliphatic heterocycles. The highest BCUT2D eigenvalue weighted by Crippen LogP contribution is 2.24. The molecular weight excluding hydrogens is 400 g/mol. The fourth-order valence-corrected chi connectivity index (χ4v) is 2.88. The molecule has 0 amide bonds. The van der Waals surface area contributed by atoms with Crippen molar-refractivity contribution in [3.05, 3.63) is 29.6 Å².